The Morgan fingerprint density at radius 3 is 1.87 bits per heavy atom. The fraction of sp³-hybridized carbons (Fsp3) is 0.324. The first kappa shape index (κ1) is 38.1. The van der Waals surface area contributed by atoms with Gasteiger partial charge in [0.25, 0.3) is 6.33 Å². The van der Waals surface area contributed by atoms with Crippen LogP contribution in [0.4, 0.5) is 0 Å². The van der Waals surface area contributed by atoms with E-state index in [1.54, 1.807) is 21.3 Å². The molecule has 77 heavy (non-hydrogen) atoms. The number of nitrogens with zero attached hydrogens (tertiary/aromatic N) is 4. The van der Waals surface area contributed by atoms with Crippen molar-refractivity contribution in [2.24, 2.45) is 0 Å². The number of pyridine rings is 1. The molecule has 1 aliphatic carbocycles. The van der Waals surface area contributed by atoms with Gasteiger partial charge in [0.2, 0.25) is 0 Å². The molecule has 396 valence electrons. The van der Waals surface area contributed by atoms with E-state index in [4.69, 9.17) is 26.2 Å². The minimum atomic E-state index is -3.68. The molecule has 5 nitrogen and oxygen atoms in total. The average Bonchev–Trinajstić information content (AvgIpc) is 1.48. The standard InChI is InChI=1S/C71H74N4O.Pt/c1-66(2,3)47-32-33-72-64(40-47)75-60-25-18-17-24-54(60)55-30-29-53(42-63(55)75)76-52-23-21-22-51(41-52)73-44-74(62-27-20-19-26-61(62)73)65-56(45-28-31-58-59(36-45)71(15,16)43-70(58,13)14)38-50(69(10,11)12)39-57(65)46-34-48(67(4,5)6)37-49(35-46)68(7,8)9;/h17-40H,43H2,1-16H3;/q-2;/i13D3,14D3,15D3,16D3,28D,31D,36D;. The zero-order valence-corrected chi connectivity index (χ0v) is 48.1. The quantitative estimate of drug-likeness (QED) is 0.118. The van der Waals surface area contributed by atoms with Crippen molar-refractivity contribution < 1.29 is 50.9 Å². The molecule has 0 fully saturated rings. The summed E-state index contributed by atoms with van der Waals surface area (Å²) < 4.78 is 151. The van der Waals surface area contributed by atoms with Crippen molar-refractivity contribution in [2.45, 2.75) is 149 Å². The summed E-state index contributed by atoms with van der Waals surface area (Å²) in [6.45, 7) is 10.4. The van der Waals surface area contributed by atoms with Gasteiger partial charge < -0.3 is 13.9 Å². The van der Waals surface area contributed by atoms with Crippen LogP contribution in [0, 0.1) is 18.5 Å². The number of hydrogen-bond donors (Lipinski definition) is 0. The number of ether oxygens (including phenoxy) is 1. The Hall–Kier alpha value is -6.55. The SMILES string of the molecule is [2H]c1c([2H])c2c(c([2H])c1-c1cc(C(C)(C)C)cc(-c3cc(C(C)(C)C)cc(C(C)(C)C)c3)c1-[n+]1[c-]n(-c3[c-]c(Oc4[c-]c5c(cc4)c4ccccc4n5-c4cc(C(C)(C)C)ccn4)ccc3)c3ccccc31)C(C([2H])([2H])[2H])(C([2H])([2H])[2H])CC2(C([2H])([2H])[2H])C([2H])([2H])[2H].[Pt]. The molecular weight excluding hydrogens is 1120 g/mol. The van der Waals surface area contributed by atoms with Crippen molar-refractivity contribution in [1.29, 1.82) is 0 Å². The van der Waals surface area contributed by atoms with Gasteiger partial charge in [0.05, 0.1) is 20.8 Å². The predicted molar refractivity (Wildman–Crippen MR) is 316 cm³/mol. The molecule has 0 N–H and O–H groups in total. The molecule has 3 heterocycles. The van der Waals surface area contributed by atoms with E-state index in [9.17, 15) is 4.11 Å². The van der Waals surface area contributed by atoms with Crippen molar-refractivity contribution in [3.05, 3.63) is 197 Å². The first-order valence-electron chi connectivity index (χ1n) is 33.5. The molecule has 3 aromatic heterocycles. The molecule has 0 bridgehead atoms. The van der Waals surface area contributed by atoms with Gasteiger partial charge >= 0.3 is 0 Å². The van der Waals surface area contributed by atoms with E-state index in [2.05, 4.69) is 122 Å². The van der Waals surface area contributed by atoms with Crippen molar-refractivity contribution >= 4 is 32.8 Å². The van der Waals surface area contributed by atoms with Gasteiger partial charge in [-0.05, 0) is 124 Å². The van der Waals surface area contributed by atoms with Crippen molar-refractivity contribution in [3.63, 3.8) is 0 Å². The Morgan fingerprint density at radius 1 is 0.584 bits per heavy atom. The summed E-state index contributed by atoms with van der Waals surface area (Å²) >= 11 is 0. The summed E-state index contributed by atoms with van der Waals surface area (Å²) in [5.74, 6) is 1.48. The van der Waals surface area contributed by atoms with E-state index in [-0.39, 0.29) is 37.7 Å². The number of hydrogen-bond acceptors (Lipinski definition) is 2. The molecule has 0 aliphatic heterocycles. The number of fused-ring (bicyclic) bond motifs is 5. The zero-order chi connectivity index (χ0) is 66.7. The summed E-state index contributed by atoms with van der Waals surface area (Å²) in [4.78, 5) is 4.84. The minimum Gasteiger partial charge on any atom is -0.510 e. The van der Waals surface area contributed by atoms with Crippen LogP contribution < -0.4 is 9.30 Å². The number of rotatable bonds is 7. The molecule has 0 saturated carbocycles. The summed E-state index contributed by atoms with van der Waals surface area (Å²) in [6, 6.07) is 43.5. The zero-order valence-electron chi connectivity index (χ0n) is 60.8. The normalized spacial score (nSPS) is 18.1. The molecule has 0 unspecified atom stereocenters. The van der Waals surface area contributed by atoms with Crippen LogP contribution >= 0.6 is 0 Å². The fourth-order valence-electron chi connectivity index (χ4n) is 10.5. The Morgan fingerprint density at radius 2 is 1.19 bits per heavy atom. The third-order valence-corrected chi connectivity index (χ3v) is 14.8. The van der Waals surface area contributed by atoms with Gasteiger partial charge in [0.1, 0.15) is 5.82 Å². The van der Waals surface area contributed by atoms with Crippen LogP contribution in [0.5, 0.6) is 11.5 Å². The third-order valence-electron chi connectivity index (χ3n) is 14.8. The predicted octanol–water partition coefficient (Wildman–Crippen LogP) is 18.1. The van der Waals surface area contributed by atoms with Gasteiger partial charge in [0, 0.05) is 60.7 Å². The Labute approximate surface area is 493 Å². The summed E-state index contributed by atoms with van der Waals surface area (Å²) in [5, 5.41) is 1.98. The van der Waals surface area contributed by atoms with Gasteiger partial charge in [-0.3, -0.25) is 4.57 Å². The van der Waals surface area contributed by atoms with Crippen LogP contribution in [-0.2, 0) is 53.6 Å². The molecule has 0 saturated heterocycles. The second kappa shape index (κ2) is 18.8. The van der Waals surface area contributed by atoms with Gasteiger partial charge in [0.15, 0.2) is 0 Å². The molecular formula is C71H74N4OPt-2. The minimum absolute atomic E-state index is 0. The van der Waals surface area contributed by atoms with Crippen LogP contribution in [-0.4, -0.2) is 14.1 Å². The Kier molecular flexibility index (Phi) is 9.32. The van der Waals surface area contributed by atoms with E-state index in [0.29, 0.717) is 44.9 Å². The third kappa shape index (κ3) is 9.81. The largest absolute Gasteiger partial charge is 0.510 e. The van der Waals surface area contributed by atoms with E-state index in [1.807, 2.05) is 99.8 Å². The van der Waals surface area contributed by atoms with E-state index in [1.165, 1.54) is 0 Å². The first-order chi connectivity index (χ1) is 41.9. The summed E-state index contributed by atoms with van der Waals surface area (Å²) in [7, 11) is 0. The molecule has 0 amide bonds. The van der Waals surface area contributed by atoms with E-state index in [0.717, 1.165) is 44.3 Å². The molecule has 0 atom stereocenters. The maximum absolute atomic E-state index is 10.5. The number of para-hydroxylation sites is 3. The first-order valence-corrected chi connectivity index (χ1v) is 26.0. The second-order valence-electron chi connectivity index (χ2n) is 24.8. The van der Waals surface area contributed by atoms with Gasteiger partial charge in [-0.15, -0.1) is 29.7 Å². The molecule has 0 radical (unpaired) electrons. The monoisotopic (exact) mass is 1210 g/mol. The maximum Gasteiger partial charge on any atom is 0.268 e. The van der Waals surface area contributed by atoms with Crippen molar-refractivity contribution in [3.8, 4) is 50.9 Å². The number of benzene rings is 7. The van der Waals surface area contributed by atoms with Crippen LogP contribution in [0.2, 0.25) is 0 Å². The summed E-state index contributed by atoms with van der Waals surface area (Å²) in [6.07, 6.45) is 3.93. The molecule has 1 aliphatic rings. The number of aromatic nitrogens is 4. The summed E-state index contributed by atoms with van der Waals surface area (Å²) in [5.41, 5.74) is -1.87. The van der Waals surface area contributed by atoms with E-state index < -0.39 is 95.7 Å². The molecule has 11 rings (SSSR count). The topological polar surface area (TPSA) is 35.9 Å². The van der Waals surface area contributed by atoms with Crippen LogP contribution in [0.3, 0.4) is 0 Å². The van der Waals surface area contributed by atoms with Crippen molar-refractivity contribution in [1.82, 2.24) is 14.1 Å². The fourth-order valence-corrected chi connectivity index (χ4v) is 10.5. The van der Waals surface area contributed by atoms with Crippen molar-refractivity contribution in [2.75, 3.05) is 0 Å². The Bertz CT molecular complexity index is 4520. The Balaban J connectivity index is 0.00000927. The molecule has 10 aromatic rings. The van der Waals surface area contributed by atoms with Gasteiger partial charge in [-0.25, -0.2) is 4.98 Å². The second-order valence-corrected chi connectivity index (χ2v) is 24.8. The maximum atomic E-state index is 10.5. The smallest absolute Gasteiger partial charge is 0.268 e. The van der Waals surface area contributed by atoms with Crippen LogP contribution in [0.1, 0.15) is 171 Å². The van der Waals surface area contributed by atoms with Crippen LogP contribution in [0.25, 0.3) is 72.3 Å². The number of imidazole rings is 1. The molecule has 0 spiro atoms. The molecule has 6 heteroatoms. The van der Waals surface area contributed by atoms with Gasteiger partial charge in [-0.2, -0.15) is 18.2 Å². The van der Waals surface area contributed by atoms with Gasteiger partial charge in [-0.1, -0.05) is 207 Å². The molecule has 7 aromatic carbocycles. The van der Waals surface area contributed by atoms with Crippen LogP contribution in [0.15, 0.2) is 146 Å². The van der Waals surface area contributed by atoms with E-state index >= 15 is 0 Å². The average molecular weight is 1210 g/mol.